The van der Waals surface area contributed by atoms with Crippen LogP contribution in [-0.2, 0) is 16.0 Å². The molecule has 4 nitrogen and oxygen atoms in total. The van der Waals surface area contributed by atoms with Crippen LogP contribution in [-0.4, -0.2) is 17.5 Å². The molecule has 0 bridgehead atoms. The van der Waals surface area contributed by atoms with Gasteiger partial charge in [-0.05, 0) is 61.9 Å². The number of hydrogen-bond donors (Lipinski definition) is 1. The number of benzene rings is 2. The largest absolute Gasteiger partial charge is 0.444 e. The van der Waals surface area contributed by atoms with E-state index in [4.69, 9.17) is 4.74 Å². The minimum Gasteiger partial charge on any atom is -0.444 e. The second-order valence-corrected chi connectivity index (χ2v) is 8.73. The predicted octanol–water partition coefficient (Wildman–Crippen LogP) is 5.33. The lowest BCUT2D eigenvalue weighted by Gasteiger charge is -2.25. The fourth-order valence-corrected chi connectivity index (χ4v) is 3.87. The van der Waals surface area contributed by atoms with E-state index in [1.807, 2.05) is 52.0 Å². The first-order valence-corrected chi connectivity index (χ1v) is 9.99. The number of ether oxygens (including phenoxy) is 1. The third-order valence-electron chi connectivity index (χ3n) is 5.33. The zero-order chi connectivity index (χ0) is 21.2. The Kier molecular flexibility index (Phi) is 6.06. The van der Waals surface area contributed by atoms with Gasteiger partial charge in [0.15, 0.2) is 0 Å². The Hall–Kier alpha value is -2.69. The normalized spacial score (nSPS) is 19.3. The predicted molar refractivity (Wildman–Crippen MR) is 110 cm³/mol. The summed E-state index contributed by atoms with van der Waals surface area (Å²) in [5, 5.41) is 2.97. The molecule has 3 rings (SSSR count). The van der Waals surface area contributed by atoms with Crippen LogP contribution in [0.1, 0.15) is 62.8 Å². The number of amides is 1. The first kappa shape index (κ1) is 21.0. The fourth-order valence-electron chi connectivity index (χ4n) is 3.87. The maximum atomic E-state index is 13.2. The topological polar surface area (TPSA) is 55.4 Å². The van der Waals surface area contributed by atoms with Crippen molar-refractivity contribution in [2.45, 2.75) is 58.1 Å². The lowest BCUT2D eigenvalue weighted by Crippen LogP contribution is -2.37. The van der Waals surface area contributed by atoms with Crippen molar-refractivity contribution in [1.82, 2.24) is 5.32 Å². The van der Waals surface area contributed by atoms with Crippen molar-refractivity contribution in [3.8, 4) is 0 Å². The molecule has 0 heterocycles. The minimum absolute atomic E-state index is 0.0460. The highest BCUT2D eigenvalue weighted by Crippen LogP contribution is 2.39. The summed E-state index contributed by atoms with van der Waals surface area (Å²) in [4.78, 5) is 25.3. The number of alkyl carbamates (subject to hydrolysis) is 1. The van der Waals surface area contributed by atoms with Crippen LogP contribution in [0.15, 0.2) is 48.5 Å². The Balaban J connectivity index is 1.75. The molecule has 0 spiro atoms. The number of carbonyl (C=O) groups is 2. The van der Waals surface area contributed by atoms with E-state index >= 15 is 0 Å². The molecule has 1 amide bonds. The monoisotopic (exact) mass is 397 g/mol. The molecule has 1 aliphatic carbocycles. The molecule has 154 valence electrons. The highest BCUT2D eigenvalue weighted by molar-refractivity contribution is 5.85. The molecule has 0 aliphatic heterocycles. The third-order valence-corrected chi connectivity index (χ3v) is 5.33. The zero-order valence-corrected chi connectivity index (χ0v) is 17.4. The van der Waals surface area contributed by atoms with Crippen molar-refractivity contribution in [3.05, 3.63) is 71.0 Å². The van der Waals surface area contributed by atoms with E-state index < -0.39 is 11.7 Å². The van der Waals surface area contributed by atoms with E-state index in [9.17, 15) is 14.0 Å². The molecule has 0 aromatic heterocycles. The molecule has 0 saturated heterocycles. The molecular formula is C24H28FNO3. The number of ketones is 1. The maximum Gasteiger partial charge on any atom is 0.408 e. The Morgan fingerprint density at radius 2 is 1.79 bits per heavy atom. The van der Waals surface area contributed by atoms with Gasteiger partial charge in [0, 0.05) is 12.3 Å². The van der Waals surface area contributed by atoms with Crippen molar-refractivity contribution in [2.75, 3.05) is 0 Å². The van der Waals surface area contributed by atoms with E-state index in [0.29, 0.717) is 6.42 Å². The number of Topliss-reactive ketones (excluding diaryl/α,β-unsaturated/α-hetero) is 1. The van der Waals surface area contributed by atoms with Crippen LogP contribution >= 0.6 is 0 Å². The van der Waals surface area contributed by atoms with E-state index in [1.54, 1.807) is 12.1 Å². The van der Waals surface area contributed by atoms with Gasteiger partial charge >= 0.3 is 6.09 Å². The van der Waals surface area contributed by atoms with Gasteiger partial charge in [0.05, 0.1) is 6.04 Å². The summed E-state index contributed by atoms with van der Waals surface area (Å²) < 4.78 is 18.6. The van der Waals surface area contributed by atoms with Gasteiger partial charge in [0.1, 0.15) is 17.2 Å². The van der Waals surface area contributed by atoms with Gasteiger partial charge in [-0.1, -0.05) is 43.3 Å². The Labute approximate surface area is 171 Å². The SMILES string of the molecule is C[C@H](C(=O)C[C@H]1Cc2ccccc2[C@@H]1NC(=O)OC(C)(C)C)c1ccc(F)cc1. The summed E-state index contributed by atoms with van der Waals surface area (Å²) in [6.07, 6.45) is 0.565. The summed E-state index contributed by atoms with van der Waals surface area (Å²) in [6.45, 7) is 7.30. The quantitative estimate of drug-likeness (QED) is 0.742. The Morgan fingerprint density at radius 3 is 2.45 bits per heavy atom. The van der Waals surface area contributed by atoms with Crippen LogP contribution in [0.25, 0.3) is 0 Å². The van der Waals surface area contributed by atoms with Crippen LogP contribution in [0.5, 0.6) is 0 Å². The molecule has 0 saturated carbocycles. The second-order valence-electron chi connectivity index (χ2n) is 8.73. The van der Waals surface area contributed by atoms with Gasteiger partial charge in [-0.2, -0.15) is 0 Å². The van der Waals surface area contributed by atoms with Crippen molar-refractivity contribution < 1.29 is 18.7 Å². The lowest BCUT2D eigenvalue weighted by atomic mass is 9.87. The highest BCUT2D eigenvalue weighted by atomic mass is 19.1. The van der Waals surface area contributed by atoms with Crippen LogP contribution in [0.4, 0.5) is 9.18 Å². The molecule has 3 atom stereocenters. The van der Waals surface area contributed by atoms with Crippen molar-refractivity contribution in [3.63, 3.8) is 0 Å². The number of hydrogen-bond acceptors (Lipinski definition) is 3. The molecule has 0 radical (unpaired) electrons. The number of rotatable bonds is 5. The third kappa shape index (κ3) is 5.22. The van der Waals surface area contributed by atoms with Gasteiger partial charge in [0.25, 0.3) is 0 Å². The highest BCUT2D eigenvalue weighted by Gasteiger charge is 2.36. The summed E-state index contributed by atoms with van der Waals surface area (Å²) in [6, 6.07) is 13.7. The van der Waals surface area contributed by atoms with E-state index in [1.165, 1.54) is 12.1 Å². The molecule has 5 heteroatoms. The van der Waals surface area contributed by atoms with Gasteiger partial charge in [-0.25, -0.2) is 9.18 Å². The van der Waals surface area contributed by atoms with Gasteiger partial charge in [-0.3, -0.25) is 4.79 Å². The minimum atomic E-state index is -0.593. The number of carbonyl (C=O) groups excluding carboxylic acids is 2. The van der Waals surface area contributed by atoms with Crippen LogP contribution in [0.3, 0.4) is 0 Å². The molecule has 0 fully saturated rings. The van der Waals surface area contributed by atoms with Gasteiger partial charge in [0.2, 0.25) is 0 Å². The van der Waals surface area contributed by atoms with E-state index in [-0.39, 0.29) is 29.5 Å². The molecule has 29 heavy (non-hydrogen) atoms. The molecule has 0 unspecified atom stereocenters. The van der Waals surface area contributed by atoms with Gasteiger partial charge < -0.3 is 10.1 Å². The number of halogens is 1. The maximum absolute atomic E-state index is 13.2. The molecule has 1 aliphatic rings. The Bertz CT molecular complexity index is 886. The van der Waals surface area contributed by atoms with Crippen molar-refractivity contribution >= 4 is 11.9 Å². The number of nitrogens with one attached hydrogen (secondary N) is 1. The van der Waals surface area contributed by atoms with Crippen LogP contribution in [0, 0.1) is 11.7 Å². The van der Waals surface area contributed by atoms with Crippen molar-refractivity contribution in [1.29, 1.82) is 0 Å². The molecule has 2 aromatic rings. The average Bonchev–Trinajstić information content (AvgIpc) is 2.97. The lowest BCUT2D eigenvalue weighted by molar-refractivity contribution is -0.121. The summed E-state index contributed by atoms with van der Waals surface area (Å²) >= 11 is 0. The molecular weight excluding hydrogens is 369 g/mol. The first-order valence-electron chi connectivity index (χ1n) is 9.99. The fraction of sp³-hybridized carbons (Fsp3) is 0.417. The van der Waals surface area contributed by atoms with Crippen LogP contribution in [0.2, 0.25) is 0 Å². The van der Waals surface area contributed by atoms with Crippen molar-refractivity contribution in [2.24, 2.45) is 5.92 Å². The van der Waals surface area contributed by atoms with Crippen LogP contribution < -0.4 is 5.32 Å². The van der Waals surface area contributed by atoms with E-state index in [2.05, 4.69) is 5.32 Å². The second kappa shape index (κ2) is 8.36. The summed E-state index contributed by atoms with van der Waals surface area (Å²) in [7, 11) is 0. The zero-order valence-electron chi connectivity index (χ0n) is 17.4. The number of fused-ring (bicyclic) bond motifs is 1. The summed E-state index contributed by atoms with van der Waals surface area (Å²) in [5.41, 5.74) is 2.37. The molecule has 2 aromatic carbocycles. The van der Waals surface area contributed by atoms with Gasteiger partial charge in [-0.15, -0.1) is 0 Å². The smallest absolute Gasteiger partial charge is 0.408 e. The average molecular weight is 397 g/mol. The standard InChI is InChI=1S/C24H28FNO3/c1-15(16-9-11-19(25)12-10-16)21(27)14-18-13-17-7-5-6-8-20(17)22(18)26-23(28)29-24(2,3)4/h5-12,15,18,22H,13-14H2,1-4H3,(H,26,28)/t15-,18+,22+/m0/s1. The Morgan fingerprint density at radius 1 is 1.14 bits per heavy atom. The first-order chi connectivity index (χ1) is 13.6. The van der Waals surface area contributed by atoms with E-state index in [0.717, 1.165) is 23.1 Å². The molecule has 1 N–H and O–H groups in total. The summed E-state index contributed by atoms with van der Waals surface area (Å²) in [5.74, 6) is -0.622.